The molecule has 0 spiro atoms. The third-order valence-corrected chi connectivity index (χ3v) is 4.22. The zero-order valence-corrected chi connectivity index (χ0v) is 15.2. The van der Waals surface area contributed by atoms with Crippen LogP contribution >= 0.6 is 0 Å². The molecule has 0 saturated carbocycles. The molecule has 2 atom stereocenters. The van der Waals surface area contributed by atoms with E-state index in [1.807, 2.05) is 24.3 Å². The summed E-state index contributed by atoms with van der Waals surface area (Å²) in [6.07, 6.45) is 3.99. The molecule has 0 amide bonds. The number of hydrogen-bond acceptors (Lipinski definition) is 5. The van der Waals surface area contributed by atoms with Crippen molar-refractivity contribution < 1.29 is 4.74 Å². The molecular weight excluding hydrogens is 312 g/mol. The standard InChI is InChI=1S/C20H30N4O/c1-13(3-5-15-7-17(21)11-18(22)8-15)25-14(2)4-6-16-9-19(23)12-20(24)10-16/h7-14H,3-6,21-24H2,1-2H3. The van der Waals surface area contributed by atoms with Crippen molar-refractivity contribution in [1.82, 2.24) is 0 Å². The molecule has 0 heterocycles. The zero-order valence-electron chi connectivity index (χ0n) is 15.2. The van der Waals surface area contributed by atoms with Gasteiger partial charge in [0.05, 0.1) is 12.2 Å². The number of rotatable bonds is 8. The van der Waals surface area contributed by atoms with Gasteiger partial charge in [-0.2, -0.15) is 0 Å². The quantitative estimate of drug-likeness (QED) is 0.549. The zero-order chi connectivity index (χ0) is 18.4. The molecule has 2 aromatic rings. The van der Waals surface area contributed by atoms with E-state index in [1.54, 1.807) is 12.1 Å². The van der Waals surface area contributed by atoms with Crippen LogP contribution < -0.4 is 22.9 Å². The first-order valence-corrected chi connectivity index (χ1v) is 8.77. The van der Waals surface area contributed by atoms with Crippen molar-refractivity contribution in [3.05, 3.63) is 47.5 Å². The SMILES string of the molecule is CC(CCc1cc(N)cc(N)c1)OC(C)CCc1cc(N)cc(N)c1. The summed E-state index contributed by atoms with van der Waals surface area (Å²) in [5.74, 6) is 0. The van der Waals surface area contributed by atoms with Crippen LogP contribution in [-0.4, -0.2) is 12.2 Å². The first-order valence-electron chi connectivity index (χ1n) is 8.77. The van der Waals surface area contributed by atoms with Crippen LogP contribution in [0.25, 0.3) is 0 Å². The second kappa shape index (κ2) is 8.62. The van der Waals surface area contributed by atoms with Crippen LogP contribution in [-0.2, 0) is 17.6 Å². The van der Waals surface area contributed by atoms with Gasteiger partial charge in [-0.05, 0) is 87.1 Å². The maximum Gasteiger partial charge on any atom is 0.0553 e. The van der Waals surface area contributed by atoms with Gasteiger partial charge < -0.3 is 27.7 Å². The van der Waals surface area contributed by atoms with Gasteiger partial charge in [-0.15, -0.1) is 0 Å². The number of nitrogen functional groups attached to an aromatic ring is 4. The molecule has 0 saturated heterocycles. The second-order valence-electron chi connectivity index (χ2n) is 6.85. The van der Waals surface area contributed by atoms with Gasteiger partial charge in [-0.1, -0.05) is 0 Å². The van der Waals surface area contributed by atoms with E-state index in [2.05, 4.69) is 13.8 Å². The fraction of sp³-hybridized carbons (Fsp3) is 0.400. The first-order chi connectivity index (χ1) is 11.8. The summed E-state index contributed by atoms with van der Waals surface area (Å²) in [5, 5.41) is 0. The molecule has 0 bridgehead atoms. The number of anilines is 4. The van der Waals surface area contributed by atoms with Crippen molar-refractivity contribution in [2.45, 2.75) is 51.7 Å². The van der Waals surface area contributed by atoms with Crippen LogP contribution in [0, 0.1) is 0 Å². The van der Waals surface area contributed by atoms with Crippen molar-refractivity contribution in [2.75, 3.05) is 22.9 Å². The van der Waals surface area contributed by atoms with E-state index >= 15 is 0 Å². The molecule has 0 aliphatic heterocycles. The monoisotopic (exact) mass is 342 g/mol. The third-order valence-electron chi connectivity index (χ3n) is 4.22. The minimum absolute atomic E-state index is 0.170. The van der Waals surface area contributed by atoms with Gasteiger partial charge in [-0.3, -0.25) is 0 Å². The van der Waals surface area contributed by atoms with E-state index in [0.717, 1.165) is 36.8 Å². The number of ether oxygens (including phenoxy) is 1. The van der Waals surface area contributed by atoms with Crippen molar-refractivity contribution in [3.8, 4) is 0 Å². The lowest BCUT2D eigenvalue weighted by atomic mass is 10.0. The topological polar surface area (TPSA) is 113 Å². The lowest BCUT2D eigenvalue weighted by Crippen LogP contribution is -2.18. The Balaban J connectivity index is 1.76. The molecule has 0 radical (unpaired) electrons. The predicted octanol–water partition coefficient (Wildman–Crippen LogP) is 3.37. The minimum Gasteiger partial charge on any atom is -0.399 e. The summed E-state index contributed by atoms with van der Waals surface area (Å²) in [6.45, 7) is 4.20. The summed E-state index contributed by atoms with van der Waals surface area (Å²) >= 11 is 0. The molecule has 0 aromatic heterocycles. The molecule has 5 nitrogen and oxygen atoms in total. The van der Waals surface area contributed by atoms with Crippen LogP contribution in [0.2, 0.25) is 0 Å². The van der Waals surface area contributed by atoms with Crippen molar-refractivity contribution in [1.29, 1.82) is 0 Å². The third kappa shape index (κ3) is 6.55. The lowest BCUT2D eigenvalue weighted by molar-refractivity contribution is 0.000481. The van der Waals surface area contributed by atoms with Crippen LogP contribution in [0.4, 0.5) is 22.7 Å². The molecule has 5 heteroatoms. The Bertz CT molecular complexity index is 602. The molecule has 0 aliphatic carbocycles. The summed E-state index contributed by atoms with van der Waals surface area (Å²) in [4.78, 5) is 0. The largest absolute Gasteiger partial charge is 0.399 e. The Kier molecular flexibility index (Phi) is 6.53. The predicted molar refractivity (Wildman–Crippen MR) is 107 cm³/mol. The fourth-order valence-corrected chi connectivity index (χ4v) is 3.05. The number of benzene rings is 2. The smallest absolute Gasteiger partial charge is 0.0553 e. The maximum absolute atomic E-state index is 6.09. The molecule has 2 rings (SSSR count). The number of nitrogens with two attached hydrogens (primary N) is 4. The van der Waals surface area contributed by atoms with Crippen LogP contribution in [0.3, 0.4) is 0 Å². The van der Waals surface area contributed by atoms with Crippen molar-refractivity contribution in [2.24, 2.45) is 0 Å². The van der Waals surface area contributed by atoms with E-state index in [0.29, 0.717) is 22.7 Å². The van der Waals surface area contributed by atoms with Crippen LogP contribution in [0.15, 0.2) is 36.4 Å². The van der Waals surface area contributed by atoms with E-state index in [4.69, 9.17) is 27.7 Å². The van der Waals surface area contributed by atoms with Crippen LogP contribution in [0.1, 0.15) is 37.8 Å². The summed E-state index contributed by atoms with van der Waals surface area (Å²) in [6, 6.07) is 11.4. The van der Waals surface area contributed by atoms with Gasteiger partial charge >= 0.3 is 0 Å². The van der Waals surface area contributed by atoms with Gasteiger partial charge in [0, 0.05) is 22.7 Å². The summed E-state index contributed by atoms with van der Waals surface area (Å²) in [5.41, 5.74) is 28.5. The molecule has 136 valence electrons. The lowest BCUT2D eigenvalue weighted by Gasteiger charge is -2.19. The Morgan fingerprint density at radius 1 is 0.640 bits per heavy atom. The Morgan fingerprint density at radius 3 is 1.28 bits per heavy atom. The van der Waals surface area contributed by atoms with Crippen LogP contribution in [0.5, 0.6) is 0 Å². The number of hydrogen-bond donors (Lipinski definition) is 4. The highest BCUT2D eigenvalue weighted by atomic mass is 16.5. The average Bonchev–Trinajstić information content (AvgIpc) is 2.49. The Labute approximate surface area is 150 Å². The normalized spacial score (nSPS) is 13.5. The van der Waals surface area contributed by atoms with Gasteiger partial charge in [0.2, 0.25) is 0 Å². The molecule has 2 aromatic carbocycles. The second-order valence-corrected chi connectivity index (χ2v) is 6.85. The highest BCUT2D eigenvalue weighted by Crippen LogP contribution is 2.19. The molecule has 0 fully saturated rings. The van der Waals surface area contributed by atoms with Gasteiger partial charge in [-0.25, -0.2) is 0 Å². The first kappa shape index (κ1) is 18.9. The van der Waals surface area contributed by atoms with Gasteiger partial charge in [0.15, 0.2) is 0 Å². The van der Waals surface area contributed by atoms with Crippen molar-refractivity contribution in [3.63, 3.8) is 0 Å². The maximum atomic E-state index is 6.09. The molecule has 2 unspecified atom stereocenters. The van der Waals surface area contributed by atoms with E-state index in [-0.39, 0.29) is 12.2 Å². The summed E-state index contributed by atoms with van der Waals surface area (Å²) in [7, 11) is 0. The average molecular weight is 342 g/mol. The molecular formula is C20H30N4O. The fourth-order valence-electron chi connectivity index (χ4n) is 3.05. The summed E-state index contributed by atoms with van der Waals surface area (Å²) < 4.78 is 6.09. The number of aryl methyl sites for hydroxylation is 2. The van der Waals surface area contributed by atoms with E-state index in [1.165, 1.54) is 0 Å². The Hall–Kier alpha value is -2.40. The van der Waals surface area contributed by atoms with E-state index < -0.39 is 0 Å². The van der Waals surface area contributed by atoms with Gasteiger partial charge in [0.1, 0.15) is 0 Å². The van der Waals surface area contributed by atoms with Crippen molar-refractivity contribution >= 4 is 22.7 Å². The highest BCUT2D eigenvalue weighted by molar-refractivity contribution is 5.55. The molecule has 25 heavy (non-hydrogen) atoms. The highest BCUT2D eigenvalue weighted by Gasteiger charge is 2.10. The molecule has 8 N–H and O–H groups in total. The Morgan fingerprint density at radius 2 is 0.960 bits per heavy atom. The van der Waals surface area contributed by atoms with E-state index in [9.17, 15) is 0 Å². The van der Waals surface area contributed by atoms with Gasteiger partial charge in [0.25, 0.3) is 0 Å². The molecule has 0 aliphatic rings. The minimum atomic E-state index is 0.170.